The Bertz CT molecular complexity index is 582. The molecule has 1 atom stereocenters. The summed E-state index contributed by atoms with van der Waals surface area (Å²) >= 11 is 0. The first kappa shape index (κ1) is 16.3. The fraction of sp³-hybridized carbons (Fsp3) is 0.786. The molecule has 0 bridgehead atoms. The number of aromatic nitrogens is 2. The SMILES string of the molecule is CCOCCCn1cc(C)nc1NC1(C)CCS(=O)(=O)C1. The molecule has 6 nitrogen and oxygen atoms in total. The molecule has 1 N–H and O–H groups in total. The van der Waals surface area contributed by atoms with Crippen LogP contribution in [0.2, 0.25) is 0 Å². The third-order valence-electron chi connectivity index (χ3n) is 3.71. The van der Waals surface area contributed by atoms with Gasteiger partial charge in [0.1, 0.15) is 0 Å². The van der Waals surface area contributed by atoms with Crippen LogP contribution < -0.4 is 5.32 Å². The van der Waals surface area contributed by atoms with Crippen LogP contribution in [0.5, 0.6) is 0 Å². The smallest absolute Gasteiger partial charge is 0.203 e. The van der Waals surface area contributed by atoms with Crippen molar-refractivity contribution >= 4 is 15.8 Å². The van der Waals surface area contributed by atoms with Gasteiger partial charge in [0.25, 0.3) is 0 Å². The van der Waals surface area contributed by atoms with Gasteiger partial charge in [0.05, 0.1) is 22.7 Å². The molecule has 0 radical (unpaired) electrons. The molecule has 1 aliphatic heterocycles. The van der Waals surface area contributed by atoms with Gasteiger partial charge in [-0.15, -0.1) is 0 Å². The summed E-state index contributed by atoms with van der Waals surface area (Å²) in [6.07, 6.45) is 3.52. The van der Waals surface area contributed by atoms with Crippen molar-refractivity contribution in [2.45, 2.75) is 45.7 Å². The number of imidazole rings is 1. The number of sulfone groups is 1. The Labute approximate surface area is 126 Å². The van der Waals surface area contributed by atoms with Gasteiger partial charge >= 0.3 is 0 Å². The van der Waals surface area contributed by atoms with Crippen molar-refractivity contribution in [1.82, 2.24) is 9.55 Å². The van der Waals surface area contributed by atoms with Crippen LogP contribution in [0.25, 0.3) is 0 Å². The van der Waals surface area contributed by atoms with Crippen molar-refractivity contribution in [3.05, 3.63) is 11.9 Å². The average molecular weight is 315 g/mol. The minimum absolute atomic E-state index is 0.171. The summed E-state index contributed by atoms with van der Waals surface area (Å²) in [5, 5.41) is 3.34. The highest BCUT2D eigenvalue weighted by molar-refractivity contribution is 7.91. The normalized spacial score (nSPS) is 24.3. The van der Waals surface area contributed by atoms with Crippen molar-refractivity contribution < 1.29 is 13.2 Å². The summed E-state index contributed by atoms with van der Waals surface area (Å²) < 4.78 is 30.8. The van der Waals surface area contributed by atoms with E-state index in [2.05, 4.69) is 10.3 Å². The second kappa shape index (κ2) is 6.36. The molecule has 1 aromatic heterocycles. The highest BCUT2D eigenvalue weighted by Gasteiger charge is 2.39. The lowest BCUT2D eigenvalue weighted by Gasteiger charge is -2.25. The maximum Gasteiger partial charge on any atom is 0.203 e. The Hall–Kier alpha value is -1.08. The first-order valence-corrected chi connectivity index (χ1v) is 9.26. The number of nitrogens with one attached hydrogen (secondary N) is 1. The predicted octanol–water partition coefficient (Wildman–Crippen LogP) is 1.61. The van der Waals surface area contributed by atoms with Gasteiger partial charge in [0.2, 0.25) is 5.95 Å². The van der Waals surface area contributed by atoms with E-state index in [-0.39, 0.29) is 11.5 Å². The van der Waals surface area contributed by atoms with E-state index in [9.17, 15) is 8.42 Å². The molecular formula is C14H25N3O3S. The Morgan fingerprint density at radius 1 is 1.52 bits per heavy atom. The highest BCUT2D eigenvalue weighted by Crippen LogP contribution is 2.27. The number of hydrogen-bond acceptors (Lipinski definition) is 5. The van der Waals surface area contributed by atoms with E-state index in [1.807, 2.05) is 31.5 Å². The van der Waals surface area contributed by atoms with Gasteiger partial charge < -0.3 is 14.6 Å². The summed E-state index contributed by atoms with van der Waals surface area (Å²) in [4.78, 5) is 4.48. The van der Waals surface area contributed by atoms with Gasteiger partial charge in [-0.3, -0.25) is 0 Å². The third-order valence-corrected chi connectivity index (χ3v) is 5.61. The molecule has 1 aliphatic rings. The van der Waals surface area contributed by atoms with E-state index >= 15 is 0 Å². The van der Waals surface area contributed by atoms with Gasteiger partial charge in [0.15, 0.2) is 9.84 Å². The van der Waals surface area contributed by atoms with E-state index in [0.29, 0.717) is 6.42 Å². The van der Waals surface area contributed by atoms with Crippen molar-refractivity contribution in [3.8, 4) is 0 Å². The Morgan fingerprint density at radius 2 is 2.29 bits per heavy atom. The summed E-state index contributed by atoms with van der Waals surface area (Å²) in [5.74, 6) is 1.18. The third kappa shape index (κ3) is 4.44. The Kier molecular flexibility index (Phi) is 4.93. The van der Waals surface area contributed by atoms with Crippen molar-refractivity contribution in [2.75, 3.05) is 30.0 Å². The van der Waals surface area contributed by atoms with E-state index < -0.39 is 15.4 Å². The standard InChI is InChI=1S/C14H25N3O3S/c1-4-20-8-5-7-17-10-12(2)15-13(17)16-14(3)6-9-21(18,19)11-14/h10H,4-9,11H2,1-3H3,(H,15,16). The molecule has 0 spiro atoms. The molecule has 1 unspecified atom stereocenters. The average Bonchev–Trinajstić information content (AvgIpc) is 2.85. The molecule has 1 saturated heterocycles. The van der Waals surface area contributed by atoms with Crippen molar-refractivity contribution in [1.29, 1.82) is 0 Å². The lowest BCUT2D eigenvalue weighted by atomic mass is 10.0. The topological polar surface area (TPSA) is 73.2 Å². The molecule has 1 fully saturated rings. The molecule has 21 heavy (non-hydrogen) atoms. The lowest BCUT2D eigenvalue weighted by molar-refractivity contribution is 0.142. The zero-order chi connectivity index (χ0) is 15.5. The minimum atomic E-state index is -2.92. The van der Waals surface area contributed by atoms with E-state index in [1.165, 1.54) is 0 Å². The molecule has 1 aromatic rings. The second-order valence-electron chi connectivity index (χ2n) is 5.98. The highest BCUT2D eigenvalue weighted by atomic mass is 32.2. The number of anilines is 1. The van der Waals surface area contributed by atoms with Crippen LogP contribution >= 0.6 is 0 Å². The zero-order valence-corrected chi connectivity index (χ0v) is 13.9. The van der Waals surface area contributed by atoms with Crippen LogP contribution in [0.15, 0.2) is 6.20 Å². The minimum Gasteiger partial charge on any atom is -0.382 e. The van der Waals surface area contributed by atoms with E-state index in [0.717, 1.165) is 37.8 Å². The summed E-state index contributed by atoms with van der Waals surface area (Å²) in [6.45, 7) is 8.13. The van der Waals surface area contributed by atoms with Crippen molar-refractivity contribution in [2.24, 2.45) is 0 Å². The monoisotopic (exact) mass is 315 g/mol. The first-order chi connectivity index (χ1) is 9.84. The lowest BCUT2D eigenvalue weighted by Crippen LogP contribution is -2.37. The summed E-state index contributed by atoms with van der Waals surface area (Å²) in [7, 11) is -2.92. The van der Waals surface area contributed by atoms with Gasteiger partial charge in [-0.05, 0) is 33.6 Å². The molecule has 2 heterocycles. The predicted molar refractivity (Wildman–Crippen MR) is 83.4 cm³/mol. The van der Waals surface area contributed by atoms with Gasteiger partial charge in [-0.2, -0.15) is 0 Å². The van der Waals surface area contributed by atoms with E-state index in [4.69, 9.17) is 4.74 Å². The van der Waals surface area contributed by atoms with Crippen LogP contribution in [0.1, 0.15) is 32.4 Å². The van der Waals surface area contributed by atoms with Crippen molar-refractivity contribution in [3.63, 3.8) is 0 Å². The Morgan fingerprint density at radius 3 is 2.90 bits per heavy atom. The molecule has 0 aliphatic carbocycles. The van der Waals surface area contributed by atoms with Gasteiger partial charge in [-0.1, -0.05) is 0 Å². The van der Waals surface area contributed by atoms with Crippen LogP contribution in [-0.2, 0) is 21.1 Å². The molecule has 120 valence electrons. The fourth-order valence-electron chi connectivity index (χ4n) is 2.68. The first-order valence-electron chi connectivity index (χ1n) is 7.44. The summed E-state index contributed by atoms with van der Waals surface area (Å²) in [5.41, 5.74) is 0.507. The van der Waals surface area contributed by atoms with Crippen LogP contribution in [0.3, 0.4) is 0 Å². The molecule has 7 heteroatoms. The summed E-state index contributed by atoms with van der Waals surface area (Å²) in [6, 6.07) is 0. The molecular weight excluding hydrogens is 290 g/mol. The Balaban J connectivity index is 2.03. The molecule has 0 aromatic carbocycles. The number of aryl methyl sites for hydroxylation is 2. The number of rotatable bonds is 7. The largest absolute Gasteiger partial charge is 0.382 e. The second-order valence-corrected chi connectivity index (χ2v) is 8.16. The molecule has 0 saturated carbocycles. The zero-order valence-electron chi connectivity index (χ0n) is 13.1. The van der Waals surface area contributed by atoms with Gasteiger partial charge in [-0.25, -0.2) is 13.4 Å². The van der Waals surface area contributed by atoms with Crippen LogP contribution in [-0.4, -0.2) is 48.2 Å². The molecule has 0 amide bonds. The van der Waals surface area contributed by atoms with E-state index in [1.54, 1.807) is 0 Å². The number of ether oxygens (including phenoxy) is 1. The maximum absolute atomic E-state index is 11.7. The number of hydrogen-bond donors (Lipinski definition) is 1. The fourth-order valence-corrected chi connectivity index (χ4v) is 4.77. The quantitative estimate of drug-likeness (QED) is 0.774. The van der Waals surface area contributed by atoms with Crippen LogP contribution in [0.4, 0.5) is 5.95 Å². The van der Waals surface area contributed by atoms with Gasteiger partial charge in [0, 0.05) is 26.0 Å². The maximum atomic E-state index is 11.7. The molecule has 2 rings (SSSR count). The number of nitrogens with zero attached hydrogens (tertiary/aromatic N) is 2. The van der Waals surface area contributed by atoms with Crippen LogP contribution in [0, 0.1) is 6.92 Å².